The van der Waals surface area contributed by atoms with Crippen LogP contribution in [0.4, 0.5) is 5.95 Å². The van der Waals surface area contributed by atoms with Crippen molar-refractivity contribution in [2.45, 2.75) is 52.2 Å². The molecule has 2 aromatic heterocycles. The lowest BCUT2D eigenvalue weighted by Gasteiger charge is -2.23. The Hall–Kier alpha value is -3.55. The van der Waals surface area contributed by atoms with E-state index in [4.69, 9.17) is 9.72 Å². The summed E-state index contributed by atoms with van der Waals surface area (Å²) in [6.07, 6.45) is 6.18. The SMILES string of the molecule is Cc1ccc2c(C[C@H](C)[C@@H](C)O)cccc2c1Oc1ncccc1-c1ccnc(N[C@H]2CCCNC2)n1. The minimum Gasteiger partial charge on any atom is -0.437 e. The van der Waals surface area contributed by atoms with Crippen LogP contribution in [0, 0.1) is 12.8 Å². The number of anilines is 1. The highest BCUT2D eigenvalue weighted by molar-refractivity contribution is 5.92. The number of aromatic nitrogens is 3. The van der Waals surface area contributed by atoms with E-state index in [-0.39, 0.29) is 12.0 Å². The molecule has 1 aliphatic rings. The van der Waals surface area contributed by atoms with Gasteiger partial charge in [0.15, 0.2) is 0 Å². The van der Waals surface area contributed by atoms with Crippen molar-refractivity contribution >= 4 is 16.7 Å². The summed E-state index contributed by atoms with van der Waals surface area (Å²) in [4.78, 5) is 13.8. The van der Waals surface area contributed by atoms with E-state index in [0.29, 0.717) is 17.9 Å². The Morgan fingerprint density at radius 1 is 1.05 bits per heavy atom. The van der Waals surface area contributed by atoms with Gasteiger partial charge in [0.1, 0.15) is 5.75 Å². The largest absolute Gasteiger partial charge is 0.437 e. The second kappa shape index (κ2) is 11.2. The number of benzene rings is 2. The standard InChI is InChI=1S/C30H35N5O2/c1-19-11-12-24-22(17-20(2)21(3)36)7-4-9-25(24)28(19)37-29-26(10-6-15-32-29)27-13-16-33-30(35-27)34-23-8-5-14-31-18-23/h4,6-7,9-13,15-16,20-21,23,31,36H,5,8,14,17-18H2,1-3H3,(H,33,34,35)/t20-,21+,23-/m0/s1. The van der Waals surface area contributed by atoms with Gasteiger partial charge in [0.25, 0.3) is 0 Å². The molecule has 192 valence electrons. The van der Waals surface area contributed by atoms with Crippen LogP contribution >= 0.6 is 0 Å². The van der Waals surface area contributed by atoms with Crippen molar-refractivity contribution in [3.05, 3.63) is 72.1 Å². The molecule has 0 spiro atoms. The van der Waals surface area contributed by atoms with Crippen molar-refractivity contribution in [1.29, 1.82) is 0 Å². The zero-order valence-electron chi connectivity index (χ0n) is 21.7. The Bertz CT molecular complexity index is 1370. The fourth-order valence-electron chi connectivity index (χ4n) is 4.83. The number of aliphatic hydroxyl groups is 1. The van der Waals surface area contributed by atoms with E-state index in [1.165, 1.54) is 5.56 Å². The summed E-state index contributed by atoms with van der Waals surface area (Å²) in [6.45, 7) is 7.94. The van der Waals surface area contributed by atoms with Crippen LogP contribution in [0.2, 0.25) is 0 Å². The van der Waals surface area contributed by atoms with E-state index in [0.717, 1.165) is 65.7 Å². The van der Waals surface area contributed by atoms with E-state index in [2.05, 4.69) is 57.9 Å². The molecule has 3 N–H and O–H groups in total. The topological polar surface area (TPSA) is 92.2 Å². The van der Waals surface area contributed by atoms with E-state index < -0.39 is 0 Å². The first-order valence-electron chi connectivity index (χ1n) is 13.1. The predicted octanol–water partition coefficient (Wildman–Crippen LogP) is 5.52. The van der Waals surface area contributed by atoms with Crippen LogP contribution in [0.1, 0.15) is 37.8 Å². The molecule has 2 aromatic carbocycles. The van der Waals surface area contributed by atoms with Gasteiger partial charge in [0.05, 0.1) is 17.4 Å². The van der Waals surface area contributed by atoms with Crippen LogP contribution in [0.15, 0.2) is 60.9 Å². The van der Waals surface area contributed by atoms with Crippen LogP contribution in [0.3, 0.4) is 0 Å². The van der Waals surface area contributed by atoms with Crippen LogP contribution < -0.4 is 15.4 Å². The number of piperidine rings is 1. The van der Waals surface area contributed by atoms with Gasteiger partial charge in [-0.2, -0.15) is 0 Å². The summed E-state index contributed by atoms with van der Waals surface area (Å²) in [5.74, 6) is 2.05. The summed E-state index contributed by atoms with van der Waals surface area (Å²) in [6, 6.07) is 16.6. The van der Waals surface area contributed by atoms with Gasteiger partial charge in [-0.15, -0.1) is 0 Å². The van der Waals surface area contributed by atoms with Crippen molar-refractivity contribution in [3.8, 4) is 22.9 Å². The highest BCUT2D eigenvalue weighted by Crippen LogP contribution is 2.38. The van der Waals surface area contributed by atoms with Crippen molar-refractivity contribution in [2.75, 3.05) is 18.4 Å². The number of nitrogens with one attached hydrogen (secondary N) is 2. The molecule has 0 radical (unpaired) electrons. The number of aliphatic hydroxyl groups excluding tert-OH is 1. The third-order valence-corrected chi connectivity index (χ3v) is 7.20. The highest BCUT2D eigenvalue weighted by atomic mass is 16.5. The summed E-state index contributed by atoms with van der Waals surface area (Å²) in [5, 5.41) is 19.1. The van der Waals surface area contributed by atoms with Crippen LogP contribution in [0.25, 0.3) is 22.0 Å². The zero-order chi connectivity index (χ0) is 25.8. The van der Waals surface area contributed by atoms with E-state index >= 15 is 0 Å². The molecule has 0 unspecified atom stereocenters. The fraction of sp³-hybridized carbons (Fsp3) is 0.367. The average molecular weight is 498 g/mol. The lowest BCUT2D eigenvalue weighted by Crippen LogP contribution is -2.38. The third-order valence-electron chi connectivity index (χ3n) is 7.20. The van der Waals surface area contributed by atoms with Gasteiger partial charge in [0.2, 0.25) is 11.8 Å². The lowest BCUT2D eigenvalue weighted by atomic mass is 9.92. The Morgan fingerprint density at radius 2 is 1.95 bits per heavy atom. The summed E-state index contributed by atoms with van der Waals surface area (Å²) in [5.41, 5.74) is 3.79. The molecule has 0 aliphatic carbocycles. The highest BCUT2D eigenvalue weighted by Gasteiger charge is 2.18. The third kappa shape index (κ3) is 5.73. The number of fused-ring (bicyclic) bond motifs is 1. The Morgan fingerprint density at radius 3 is 2.76 bits per heavy atom. The first-order chi connectivity index (χ1) is 18.0. The number of hydrogen-bond donors (Lipinski definition) is 3. The summed E-state index contributed by atoms with van der Waals surface area (Å²) < 4.78 is 6.55. The van der Waals surface area contributed by atoms with Gasteiger partial charge in [-0.1, -0.05) is 37.3 Å². The summed E-state index contributed by atoms with van der Waals surface area (Å²) in [7, 11) is 0. The molecule has 0 bridgehead atoms. The van der Waals surface area contributed by atoms with Crippen molar-refractivity contribution in [1.82, 2.24) is 20.3 Å². The number of rotatable bonds is 8. The fourth-order valence-corrected chi connectivity index (χ4v) is 4.83. The lowest BCUT2D eigenvalue weighted by molar-refractivity contribution is 0.135. The van der Waals surface area contributed by atoms with Crippen molar-refractivity contribution in [3.63, 3.8) is 0 Å². The minimum atomic E-state index is -0.367. The molecule has 7 nitrogen and oxygen atoms in total. The van der Waals surface area contributed by atoms with E-state index in [1.54, 1.807) is 12.4 Å². The minimum absolute atomic E-state index is 0.156. The van der Waals surface area contributed by atoms with E-state index in [1.807, 2.05) is 32.0 Å². The van der Waals surface area contributed by atoms with Gasteiger partial charge < -0.3 is 20.5 Å². The maximum atomic E-state index is 10.0. The molecule has 1 fully saturated rings. The molecule has 3 atom stereocenters. The predicted molar refractivity (Wildman–Crippen MR) is 148 cm³/mol. The number of hydrogen-bond acceptors (Lipinski definition) is 7. The Kier molecular flexibility index (Phi) is 7.63. The Labute approximate surface area is 218 Å². The smallest absolute Gasteiger partial charge is 0.228 e. The molecular formula is C30H35N5O2. The Balaban J connectivity index is 1.48. The van der Waals surface area contributed by atoms with Crippen LogP contribution in [-0.2, 0) is 6.42 Å². The molecule has 0 amide bonds. The zero-order valence-corrected chi connectivity index (χ0v) is 21.7. The van der Waals surface area contributed by atoms with Gasteiger partial charge in [-0.3, -0.25) is 0 Å². The van der Waals surface area contributed by atoms with Crippen molar-refractivity contribution < 1.29 is 9.84 Å². The average Bonchev–Trinajstić information content (AvgIpc) is 2.91. The maximum Gasteiger partial charge on any atom is 0.228 e. The maximum absolute atomic E-state index is 10.0. The summed E-state index contributed by atoms with van der Waals surface area (Å²) >= 11 is 0. The number of aryl methyl sites for hydroxylation is 1. The molecule has 1 aliphatic heterocycles. The number of pyridine rings is 1. The monoisotopic (exact) mass is 497 g/mol. The molecule has 1 saturated heterocycles. The number of ether oxygens (including phenoxy) is 1. The molecule has 7 heteroatoms. The van der Waals surface area contributed by atoms with Gasteiger partial charge in [0, 0.05) is 30.4 Å². The van der Waals surface area contributed by atoms with Gasteiger partial charge in [-0.05, 0) is 80.3 Å². The molecule has 5 rings (SSSR count). The number of nitrogens with zero attached hydrogens (tertiary/aromatic N) is 3. The van der Waals surface area contributed by atoms with E-state index in [9.17, 15) is 5.11 Å². The molecule has 37 heavy (non-hydrogen) atoms. The van der Waals surface area contributed by atoms with Crippen LogP contribution in [0.5, 0.6) is 11.6 Å². The quantitative estimate of drug-likeness (QED) is 0.295. The normalized spacial score (nSPS) is 17.4. The van der Waals surface area contributed by atoms with Crippen molar-refractivity contribution in [2.24, 2.45) is 5.92 Å². The first-order valence-corrected chi connectivity index (χ1v) is 13.1. The molecule has 0 saturated carbocycles. The van der Waals surface area contributed by atoms with Gasteiger partial charge >= 0.3 is 0 Å². The molecule has 4 aromatic rings. The second-order valence-corrected chi connectivity index (χ2v) is 10.1. The molecule has 3 heterocycles. The van der Waals surface area contributed by atoms with Crippen LogP contribution in [-0.4, -0.2) is 45.3 Å². The van der Waals surface area contributed by atoms with Gasteiger partial charge in [-0.25, -0.2) is 15.0 Å². The second-order valence-electron chi connectivity index (χ2n) is 10.1. The molecular weight excluding hydrogens is 462 g/mol. The first kappa shape index (κ1) is 25.1.